The molecular weight excluding hydrogens is 238 g/mol. The van der Waals surface area contributed by atoms with Crippen LogP contribution in [0.4, 0.5) is 0 Å². The van der Waals surface area contributed by atoms with Crippen molar-refractivity contribution in [2.24, 2.45) is 5.73 Å². The van der Waals surface area contributed by atoms with E-state index in [4.69, 9.17) is 10.5 Å². The van der Waals surface area contributed by atoms with Crippen molar-refractivity contribution < 1.29 is 4.74 Å². The second kappa shape index (κ2) is 6.29. The maximum Gasteiger partial charge on any atom is 0.321 e. The quantitative estimate of drug-likeness (QED) is 0.894. The second-order valence-electron chi connectivity index (χ2n) is 4.62. The highest BCUT2D eigenvalue weighted by Crippen LogP contribution is 2.22. The molecule has 0 aliphatic carbocycles. The van der Waals surface area contributed by atoms with Gasteiger partial charge in [0.25, 0.3) is 0 Å². The summed E-state index contributed by atoms with van der Waals surface area (Å²) < 4.78 is 5.71. The predicted molar refractivity (Wildman–Crippen MR) is 75.3 cm³/mol. The van der Waals surface area contributed by atoms with Crippen LogP contribution in [0.3, 0.4) is 0 Å². The lowest BCUT2D eigenvalue weighted by Gasteiger charge is -2.09. The molecule has 0 fully saturated rings. The molecule has 1 atom stereocenters. The van der Waals surface area contributed by atoms with Gasteiger partial charge in [0, 0.05) is 18.4 Å². The minimum absolute atomic E-state index is 0.108. The summed E-state index contributed by atoms with van der Waals surface area (Å²) in [6, 6.07) is 8.39. The Kier molecular flexibility index (Phi) is 4.47. The smallest absolute Gasteiger partial charge is 0.321 e. The van der Waals surface area contributed by atoms with Crippen LogP contribution in [0.15, 0.2) is 36.7 Å². The zero-order valence-electron chi connectivity index (χ0n) is 11.3. The van der Waals surface area contributed by atoms with Gasteiger partial charge in [0.15, 0.2) is 0 Å². The van der Waals surface area contributed by atoms with Gasteiger partial charge in [0.05, 0.1) is 0 Å². The Labute approximate surface area is 113 Å². The topological polar surface area (TPSA) is 61.0 Å². The van der Waals surface area contributed by atoms with E-state index in [0.717, 1.165) is 29.7 Å². The van der Waals surface area contributed by atoms with Crippen molar-refractivity contribution in [2.75, 3.05) is 0 Å². The van der Waals surface area contributed by atoms with E-state index in [-0.39, 0.29) is 6.04 Å². The van der Waals surface area contributed by atoms with E-state index in [2.05, 4.69) is 16.9 Å². The maximum absolute atomic E-state index is 5.74. The van der Waals surface area contributed by atoms with Crippen molar-refractivity contribution in [2.45, 2.75) is 32.7 Å². The molecule has 0 aliphatic rings. The maximum atomic E-state index is 5.74. The molecule has 4 nitrogen and oxygen atoms in total. The van der Waals surface area contributed by atoms with E-state index in [0.29, 0.717) is 6.01 Å². The minimum atomic E-state index is 0.108. The fraction of sp³-hybridized carbons (Fsp3) is 0.333. The predicted octanol–water partition coefficient (Wildman–Crippen LogP) is 2.72. The molecule has 0 bridgehead atoms. The van der Waals surface area contributed by atoms with Crippen molar-refractivity contribution in [3.05, 3.63) is 47.8 Å². The fourth-order valence-electron chi connectivity index (χ4n) is 1.87. The first kappa shape index (κ1) is 13.5. The van der Waals surface area contributed by atoms with Gasteiger partial charge in [0.1, 0.15) is 5.75 Å². The number of hydrogen-bond acceptors (Lipinski definition) is 4. The monoisotopic (exact) mass is 257 g/mol. The van der Waals surface area contributed by atoms with Crippen molar-refractivity contribution in [3.63, 3.8) is 0 Å². The molecule has 19 heavy (non-hydrogen) atoms. The van der Waals surface area contributed by atoms with Gasteiger partial charge in [-0.05, 0) is 37.0 Å². The highest BCUT2D eigenvalue weighted by atomic mass is 16.5. The van der Waals surface area contributed by atoms with Crippen molar-refractivity contribution in [3.8, 4) is 11.8 Å². The van der Waals surface area contributed by atoms with E-state index in [1.165, 1.54) is 0 Å². The lowest BCUT2D eigenvalue weighted by atomic mass is 10.1. The zero-order chi connectivity index (χ0) is 13.7. The van der Waals surface area contributed by atoms with Gasteiger partial charge < -0.3 is 10.5 Å². The molecule has 0 aliphatic heterocycles. The minimum Gasteiger partial charge on any atom is -0.424 e. The van der Waals surface area contributed by atoms with Crippen LogP contribution < -0.4 is 10.5 Å². The number of nitrogens with two attached hydrogens (primary N) is 1. The van der Waals surface area contributed by atoms with Crippen LogP contribution in [0.1, 0.15) is 25.0 Å². The first-order valence-corrected chi connectivity index (χ1v) is 6.51. The van der Waals surface area contributed by atoms with Crippen LogP contribution in [0.5, 0.6) is 11.8 Å². The molecule has 0 amide bonds. The average Bonchev–Trinajstić information content (AvgIpc) is 2.41. The van der Waals surface area contributed by atoms with Crippen LogP contribution in [-0.4, -0.2) is 16.0 Å². The molecule has 0 radical (unpaired) electrons. The molecule has 4 heteroatoms. The molecule has 1 aromatic carbocycles. The van der Waals surface area contributed by atoms with E-state index in [1.54, 1.807) is 12.4 Å². The molecule has 1 unspecified atom stereocenters. The Hall–Kier alpha value is -1.94. The van der Waals surface area contributed by atoms with Gasteiger partial charge in [0.2, 0.25) is 0 Å². The van der Waals surface area contributed by atoms with Crippen LogP contribution in [0.2, 0.25) is 0 Å². The van der Waals surface area contributed by atoms with Gasteiger partial charge in [-0.3, -0.25) is 0 Å². The molecule has 0 saturated heterocycles. The van der Waals surface area contributed by atoms with Crippen LogP contribution in [0, 0.1) is 0 Å². The van der Waals surface area contributed by atoms with Crippen LogP contribution >= 0.6 is 0 Å². The summed E-state index contributed by atoms with van der Waals surface area (Å²) in [5.41, 5.74) is 7.90. The van der Waals surface area contributed by atoms with Crippen molar-refractivity contribution in [1.82, 2.24) is 9.97 Å². The lowest BCUT2D eigenvalue weighted by molar-refractivity contribution is 0.436. The van der Waals surface area contributed by atoms with Gasteiger partial charge >= 0.3 is 6.01 Å². The average molecular weight is 257 g/mol. The lowest BCUT2D eigenvalue weighted by Crippen LogP contribution is -2.17. The Morgan fingerprint density at radius 1 is 1.21 bits per heavy atom. The van der Waals surface area contributed by atoms with E-state index >= 15 is 0 Å². The molecular formula is C15H19N3O. The van der Waals surface area contributed by atoms with Crippen molar-refractivity contribution in [1.29, 1.82) is 0 Å². The number of hydrogen-bond donors (Lipinski definition) is 1. The summed E-state index contributed by atoms with van der Waals surface area (Å²) in [4.78, 5) is 8.43. The third-order valence-electron chi connectivity index (χ3n) is 2.79. The molecule has 1 aromatic heterocycles. The molecule has 2 N–H and O–H groups in total. The summed E-state index contributed by atoms with van der Waals surface area (Å²) in [7, 11) is 0. The summed E-state index contributed by atoms with van der Waals surface area (Å²) in [5.74, 6) is 0.810. The second-order valence-corrected chi connectivity index (χ2v) is 4.62. The largest absolute Gasteiger partial charge is 0.424 e. The van der Waals surface area contributed by atoms with Gasteiger partial charge in [-0.1, -0.05) is 25.1 Å². The first-order chi connectivity index (χ1) is 9.19. The Bertz CT molecular complexity index is 523. The number of aromatic nitrogens is 2. The highest BCUT2D eigenvalue weighted by molar-refractivity contribution is 5.35. The third-order valence-corrected chi connectivity index (χ3v) is 2.79. The Morgan fingerprint density at radius 3 is 2.53 bits per heavy atom. The highest BCUT2D eigenvalue weighted by Gasteiger charge is 2.05. The normalized spacial score (nSPS) is 12.2. The third kappa shape index (κ3) is 3.76. The number of para-hydroxylation sites is 1. The number of nitrogens with zero attached hydrogens (tertiary/aromatic N) is 2. The molecule has 0 spiro atoms. The summed E-state index contributed by atoms with van der Waals surface area (Å²) in [6.45, 7) is 4.05. The summed E-state index contributed by atoms with van der Waals surface area (Å²) in [5, 5.41) is 0. The number of benzene rings is 1. The van der Waals surface area contributed by atoms with Crippen molar-refractivity contribution >= 4 is 0 Å². The van der Waals surface area contributed by atoms with Gasteiger partial charge in [-0.25, -0.2) is 9.97 Å². The van der Waals surface area contributed by atoms with Crippen LogP contribution in [-0.2, 0) is 12.8 Å². The van der Waals surface area contributed by atoms with E-state index in [9.17, 15) is 0 Å². The standard InChI is InChI=1S/C15H19N3O/c1-3-13-6-4-5-7-14(13)19-15-17-9-12(10-18-15)8-11(2)16/h4-7,9-11H,3,8,16H2,1-2H3. The van der Waals surface area contributed by atoms with Crippen LogP contribution in [0.25, 0.3) is 0 Å². The molecule has 0 saturated carbocycles. The summed E-state index contributed by atoms with van der Waals surface area (Å²) in [6.07, 6.45) is 5.21. The fourth-order valence-corrected chi connectivity index (χ4v) is 1.87. The SMILES string of the molecule is CCc1ccccc1Oc1ncc(CC(C)N)cn1. The molecule has 1 heterocycles. The summed E-state index contributed by atoms with van der Waals surface area (Å²) >= 11 is 0. The number of aryl methyl sites for hydroxylation is 1. The van der Waals surface area contributed by atoms with Gasteiger partial charge in [-0.2, -0.15) is 0 Å². The molecule has 2 aromatic rings. The first-order valence-electron chi connectivity index (χ1n) is 6.51. The number of rotatable bonds is 5. The van der Waals surface area contributed by atoms with Gasteiger partial charge in [-0.15, -0.1) is 0 Å². The molecule has 2 rings (SSSR count). The molecule has 100 valence electrons. The number of ether oxygens (including phenoxy) is 1. The van der Waals surface area contributed by atoms with E-state index in [1.807, 2.05) is 31.2 Å². The Morgan fingerprint density at radius 2 is 1.89 bits per heavy atom. The zero-order valence-corrected chi connectivity index (χ0v) is 11.3. The Balaban J connectivity index is 2.11. The van der Waals surface area contributed by atoms with E-state index < -0.39 is 0 Å².